The lowest BCUT2D eigenvalue weighted by Gasteiger charge is -2.37. The predicted octanol–water partition coefficient (Wildman–Crippen LogP) is 1.81. The minimum atomic E-state index is 0. The average Bonchev–Trinajstić information content (AvgIpc) is 2.67. The number of nitrogens with zero attached hydrogens (tertiary/aromatic N) is 2. The molecule has 0 bridgehead atoms. The molecule has 2 unspecified atom stereocenters. The second-order valence-electron chi connectivity index (χ2n) is 7.49. The van der Waals surface area contributed by atoms with Crippen LogP contribution in [0.1, 0.15) is 31.2 Å². The normalized spacial score (nSPS) is 22.5. The zero-order valence-electron chi connectivity index (χ0n) is 16.2. The first-order valence-electron chi connectivity index (χ1n) is 9.69. The van der Waals surface area contributed by atoms with Crippen molar-refractivity contribution in [2.45, 2.75) is 38.3 Å². The summed E-state index contributed by atoms with van der Waals surface area (Å²) in [6, 6.07) is 10.1. The molecule has 158 valence electrons. The van der Waals surface area contributed by atoms with Crippen LogP contribution in [0.15, 0.2) is 30.3 Å². The van der Waals surface area contributed by atoms with E-state index in [0.29, 0.717) is 26.2 Å². The third kappa shape index (κ3) is 7.24. The summed E-state index contributed by atoms with van der Waals surface area (Å²) >= 11 is 0. The molecule has 3 N–H and O–H groups in total. The first-order chi connectivity index (χ1) is 12.6. The molecule has 1 saturated heterocycles. The van der Waals surface area contributed by atoms with E-state index in [2.05, 4.69) is 10.2 Å². The van der Waals surface area contributed by atoms with Gasteiger partial charge in [0, 0.05) is 44.7 Å². The Morgan fingerprint density at radius 3 is 2.36 bits per heavy atom. The van der Waals surface area contributed by atoms with Gasteiger partial charge in [0.15, 0.2) is 0 Å². The summed E-state index contributed by atoms with van der Waals surface area (Å²) in [6.07, 6.45) is 3.88. The fourth-order valence-electron chi connectivity index (χ4n) is 3.89. The highest BCUT2D eigenvalue weighted by Crippen LogP contribution is 2.25. The molecule has 1 aromatic carbocycles. The molecule has 8 heteroatoms. The number of rotatable bonds is 5. The topological polar surface area (TPSA) is 78.7 Å². The highest BCUT2D eigenvalue weighted by atomic mass is 35.5. The Balaban J connectivity index is 0.00000196. The number of piperazine rings is 1. The van der Waals surface area contributed by atoms with Gasteiger partial charge in [-0.25, -0.2) is 0 Å². The number of hydrogen-bond acceptors (Lipinski definition) is 4. The van der Waals surface area contributed by atoms with Gasteiger partial charge in [-0.2, -0.15) is 0 Å². The molecule has 1 aromatic rings. The summed E-state index contributed by atoms with van der Waals surface area (Å²) < 4.78 is 0. The maximum atomic E-state index is 12.7. The molecule has 3 rings (SSSR count). The van der Waals surface area contributed by atoms with Crippen LogP contribution in [0.2, 0.25) is 0 Å². The number of carbonyl (C=O) groups is 2. The van der Waals surface area contributed by atoms with E-state index >= 15 is 0 Å². The Labute approximate surface area is 180 Å². The number of nitrogens with two attached hydrogens (primary N) is 1. The molecule has 0 radical (unpaired) electrons. The summed E-state index contributed by atoms with van der Waals surface area (Å²) in [4.78, 5) is 28.9. The summed E-state index contributed by atoms with van der Waals surface area (Å²) in [5, 5.41) is 2.96. The number of carbonyl (C=O) groups excluding carboxylic acids is 2. The molecular formula is C20H32Cl2N4O2. The molecule has 2 amide bonds. The van der Waals surface area contributed by atoms with Crippen LogP contribution in [-0.2, 0) is 16.1 Å². The van der Waals surface area contributed by atoms with Crippen LogP contribution in [0.25, 0.3) is 0 Å². The van der Waals surface area contributed by atoms with E-state index in [-0.39, 0.29) is 48.6 Å². The molecule has 28 heavy (non-hydrogen) atoms. The number of halogens is 2. The minimum Gasteiger partial charge on any atom is -0.351 e. The van der Waals surface area contributed by atoms with E-state index < -0.39 is 0 Å². The van der Waals surface area contributed by atoms with E-state index in [4.69, 9.17) is 5.73 Å². The quantitative estimate of drug-likeness (QED) is 0.746. The molecule has 2 fully saturated rings. The van der Waals surface area contributed by atoms with Crippen molar-refractivity contribution in [1.29, 1.82) is 0 Å². The lowest BCUT2D eigenvalue weighted by Crippen LogP contribution is -2.53. The lowest BCUT2D eigenvalue weighted by atomic mass is 9.85. The fourth-order valence-corrected chi connectivity index (χ4v) is 3.89. The van der Waals surface area contributed by atoms with Gasteiger partial charge >= 0.3 is 0 Å². The van der Waals surface area contributed by atoms with Crippen LogP contribution in [0.5, 0.6) is 0 Å². The maximum Gasteiger partial charge on any atom is 0.234 e. The standard InChI is InChI=1S/C20H30N4O2.2ClH/c21-18-8-4-7-17(13-18)20(26)24-11-9-23(10-12-24)15-19(25)22-14-16-5-2-1-3-6-16;;/h1-3,5-6,17-18H,4,7-15,21H2,(H,22,25);2*1H. The molecule has 1 aliphatic carbocycles. The van der Waals surface area contributed by atoms with Crippen LogP contribution in [0, 0.1) is 5.92 Å². The molecule has 1 heterocycles. The van der Waals surface area contributed by atoms with Gasteiger partial charge in [0.05, 0.1) is 6.54 Å². The Hall–Kier alpha value is -1.34. The second-order valence-corrected chi connectivity index (χ2v) is 7.49. The second kappa shape index (κ2) is 12.3. The summed E-state index contributed by atoms with van der Waals surface area (Å²) in [7, 11) is 0. The van der Waals surface area contributed by atoms with Crippen molar-refractivity contribution in [1.82, 2.24) is 15.1 Å². The van der Waals surface area contributed by atoms with Crippen molar-refractivity contribution in [3.8, 4) is 0 Å². The van der Waals surface area contributed by atoms with Crippen LogP contribution in [0.4, 0.5) is 0 Å². The lowest BCUT2D eigenvalue weighted by molar-refractivity contribution is -0.138. The van der Waals surface area contributed by atoms with Gasteiger partial charge < -0.3 is 16.0 Å². The first kappa shape index (κ1) is 24.7. The van der Waals surface area contributed by atoms with Gasteiger partial charge in [0.2, 0.25) is 11.8 Å². The highest BCUT2D eigenvalue weighted by molar-refractivity contribution is 5.85. The van der Waals surface area contributed by atoms with Crippen molar-refractivity contribution in [3.05, 3.63) is 35.9 Å². The number of benzene rings is 1. The average molecular weight is 431 g/mol. The molecule has 1 saturated carbocycles. The minimum absolute atomic E-state index is 0. The van der Waals surface area contributed by atoms with Gasteiger partial charge in [0.1, 0.15) is 0 Å². The van der Waals surface area contributed by atoms with Crippen LogP contribution in [-0.4, -0.2) is 60.4 Å². The number of amides is 2. The Kier molecular flexibility index (Phi) is 10.8. The number of hydrogen-bond donors (Lipinski definition) is 2. The van der Waals surface area contributed by atoms with Gasteiger partial charge in [0.25, 0.3) is 0 Å². The van der Waals surface area contributed by atoms with Gasteiger partial charge in [-0.1, -0.05) is 36.8 Å². The molecule has 0 spiro atoms. The maximum absolute atomic E-state index is 12.7. The van der Waals surface area contributed by atoms with Crippen LogP contribution < -0.4 is 11.1 Å². The molecule has 1 aliphatic heterocycles. The Bertz CT molecular complexity index is 609. The van der Waals surface area contributed by atoms with E-state index in [1.165, 1.54) is 0 Å². The van der Waals surface area contributed by atoms with Crippen molar-refractivity contribution in [2.75, 3.05) is 32.7 Å². The van der Waals surface area contributed by atoms with Crippen molar-refractivity contribution in [3.63, 3.8) is 0 Å². The van der Waals surface area contributed by atoms with E-state index in [0.717, 1.165) is 44.3 Å². The zero-order valence-corrected chi connectivity index (χ0v) is 17.9. The summed E-state index contributed by atoms with van der Waals surface area (Å²) in [5.41, 5.74) is 7.12. The zero-order chi connectivity index (χ0) is 18.4. The van der Waals surface area contributed by atoms with Crippen LogP contribution >= 0.6 is 24.8 Å². The third-order valence-corrected chi connectivity index (χ3v) is 5.45. The van der Waals surface area contributed by atoms with Crippen LogP contribution in [0.3, 0.4) is 0 Å². The summed E-state index contributed by atoms with van der Waals surface area (Å²) in [5.74, 6) is 0.389. The third-order valence-electron chi connectivity index (χ3n) is 5.45. The van der Waals surface area contributed by atoms with Gasteiger partial charge in [-0.3, -0.25) is 14.5 Å². The highest BCUT2D eigenvalue weighted by Gasteiger charge is 2.30. The van der Waals surface area contributed by atoms with Crippen molar-refractivity contribution in [2.24, 2.45) is 11.7 Å². The molecule has 2 atom stereocenters. The fraction of sp³-hybridized carbons (Fsp3) is 0.600. The molecular weight excluding hydrogens is 399 g/mol. The van der Waals surface area contributed by atoms with Gasteiger partial charge in [-0.05, 0) is 24.8 Å². The van der Waals surface area contributed by atoms with E-state index in [9.17, 15) is 9.59 Å². The largest absolute Gasteiger partial charge is 0.351 e. The van der Waals surface area contributed by atoms with E-state index in [1.54, 1.807) is 0 Å². The molecule has 6 nitrogen and oxygen atoms in total. The van der Waals surface area contributed by atoms with Crippen molar-refractivity contribution >= 4 is 36.6 Å². The van der Waals surface area contributed by atoms with Gasteiger partial charge in [-0.15, -0.1) is 24.8 Å². The molecule has 0 aromatic heterocycles. The SMILES string of the molecule is Cl.Cl.NC1CCCC(C(=O)N2CCN(CC(=O)NCc3ccccc3)CC2)C1. The summed E-state index contributed by atoms with van der Waals surface area (Å²) in [6.45, 7) is 3.86. The monoisotopic (exact) mass is 430 g/mol. The predicted molar refractivity (Wildman–Crippen MR) is 116 cm³/mol. The first-order valence-corrected chi connectivity index (χ1v) is 9.69. The smallest absolute Gasteiger partial charge is 0.234 e. The Morgan fingerprint density at radius 1 is 1.04 bits per heavy atom. The molecule has 2 aliphatic rings. The van der Waals surface area contributed by atoms with E-state index in [1.807, 2.05) is 35.2 Å². The Morgan fingerprint density at radius 2 is 1.71 bits per heavy atom. The number of nitrogens with one attached hydrogen (secondary N) is 1. The van der Waals surface area contributed by atoms with Crippen molar-refractivity contribution < 1.29 is 9.59 Å².